The molecule has 0 aliphatic heterocycles. The Balaban J connectivity index is 2.47. The van der Waals surface area contributed by atoms with Crippen molar-refractivity contribution in [1.82, 2.24) is 4.90 Å². The lowest BCUT2D eigenvalue weighted by molar-refractivity contribution is -0.386. The summed E-state index contributed by atoms with van der Waals surface area (Å²) in [5, 5.41) is 32.8. The number of aliphatic carboxylic acids is 1. The normalized spacial score (nSPS) is 11.4. The van der Waals surface area contributed by atoms with Crippen molar-refractivity contribution in [3.8, 4) is 11.5 Å². The van der Waals surface area contributed by atoms with Gasteiger partial charge in [0.25, 0.3) is 11.6 Å². The maximum atomic E-state index is 13.6. The standard InChI is InChI=1S/C25H31N3O9/c1-4-6-7-16-37-23-21(36-3)13-12-19(22(23)28(34)35)24(29)26(20(5-2)25(30)31)15-14-17-8-10-18(11-9-17)27(32)33/h8-13,20H,4-7,14-16H2,1-3H3,(H,30,31). The molecule has 0 radical (unpaired) electrons. The molecule has 12 heteroatoms. The van der Waals surface area contributed by atoms with Crippen LogP contribution in [0.3, 0.4) is 0 Å². The van der Waals surface area contributed by atoms with Crippen LogP contribution in [-0.2, 0) is 11.2 Å². The van der Waals surface area contributed by atoms with E-state index in [-0.39, 0.29) is 48.7 Å². The number of ether oxygens (including phenoxy) is 2. The second-order valence-corrected chi connectivity index (χ2v) is 8.24. The molecular formula is C25H31N3O9. The van der Waals surface area contributed by atoms with Crippen LogP contribution in [0.4, 0.5) is 11.4 Å². The van der Waals surface area contributed by atoms with E-state index in [1.165, 1.54) is 43.5 Å². The molecule has 0 heterocycles. The molecule has 1 amide bonds. The number of rotatable bonds is 15. The molecule has 1 atom stereocenters. The number of hydrogen-bond donors (Lipinski definition) is 1. The molecule has 0 aliphatic carbocycles. The van der Waals surface area contributed by atoms with Crippen molar-refractivity contribution in [1.29, 1.82) is 0 Å². The fourth-order valence-corrected chi connectivity index (χ4v) is 3.85. The number of non-ortho nitro benzene ring substituents is 1. The zero-order valence-electron chi connectivity index (χ0n) is 21.0. The van der Waals surface area contributed by atoms with Crippen LogP contribution < -0.4 is 9.47 Å². The van der Waals surface area contributed by atoms with E-state index in [0.717, 1.165) is 17.7 Å². The first kappa shape index (κ1) is 29.0. The third-order valence-corrected chi connectivity index (χ3v) is 5.82. The molecule has 12 nitrogen and oxygen atoms in total. The van der Waals surface area contributed by atoms with Crippen LogP contribution in [0.25, 0.3) is 0 Å². The maximum Gasteiger partial charge on any atom is 0.327 e. The Morgan fingerprint density at radius 1 is 1.03 bits per heavy atom. The van der Waals surface area contributed by atoms with E-state index < -0.39 is 33.5 Å². The molecule has 37 heavy (non-hydrogen) atoms. The molecule has 2 aromatic carbocycles. The monoisotopic (exact) mass is 517 g/mol. The van der Waals surface area contributed by atoms with Gasteiger partial charge in [-0.2, -0.15) is 0 Å². The van der Waals surface area contributed by atoms with Crippen LogP contribution in [-0.4, -0.2) is 58.0 Å². The Kier molecular flexibility index (Phi) is 10.8. The number of carbonyl (C=O) groups is 2. The van der Waals surface area contributed by atoms with Gasteiger partial charge in [0.05, 0.1) is 23.6 Å². The van der Waals surface area contributed by atoms with Crippen molar-refractivity contribution >= 4 is 23.3 Å². The molecular weight excluding hydrogens is 486 g/mol. The fourth-order valence-electron chi connectivity index (χ4n) is 3.85. The molecule has 0 saturated carbocycles. The van der Waals surface area contributed by atoms with Crippen molar-refractivity contribution < 1.29 is 34.0 Å². The molecule has 0 spiro atoms. The molecule has 2 rings (SSSR count). The summed E-state index contributed by atoms with van der Waals surface area (Å²) in [5.74, 6) is -2.20. The Bertz CT molecular complexity index is 1120. The summed E-state index contributed by atoms with van der Waals surface area (Å²) in [5.41, 5.74) is -0.386. The van der Waals surface area contributed by atoms with Crippen molar-refractivity contribution in [2.24, 2.45) is 0 Å². The minimum Gasteiger partial charge on any atom is -0.493 e. The van der Waals surface area contributed by atoms with E-state index in [2.05, 4.69) is 0 Å². The van der Waals surface area contributed by atoms with E-state index in [1.807, 2.05) is 6.92 Å². The Hall–Kier alpha value is -4.22. The highest BCUT2D eigenvalue weighted by Crippen LogP contribution is 2.40. The van der Waals surface area contributed by atoms with Crippen molar-refractivity contribution in [3.05, 3.63) is 67.8 Å². The minimum atomic E-state index is -1.26. The summed E-state index contributed by atoms with van der Waals surface area (Å²) in [6, 6.07) is 7.01. The third-order valence-electron chi connectivity index (χ3n) is 5.82. The summed E-state index contributed by atoms with van der Waals surface area (Å²) >= 11 is 0. The van der Waals surface area contributed by atoms with Gasteiger partial charge in [-0.3, -0.25) is 25.0 Å². The van der Waals surface area contributed by atoms with Gasteiger partial charge in [-0.1, -0.05) is 38.8 Å². The van der Waals surface area contributed by atoms with Gasteiger partial charge in [0.2, 0.25) is 5.75 Å². The van der Waals surface area contributed by atoms with Gasteiger partial charge >= 0.3 is 11.7 Å². The van der Waals surface area contributed by atoms with Gasteiger partial charge in [-0.25, -0.2) is 4.79 Å². The number of hydrogen-bond acceptors (Lipinski definition) is 8. The number of carboxylic acid groups (broad SMARTS) is 1. The van der Waals surface area contributed by atoms with Crippen molar-refractivity contribution in [2.75, 3.05) is 20.3 Å². The molecule has 200 valence electrons. The summed E-state index contributed by atoms with van der Waals surface area (Å²) in [6.07, 6.45) is 2.65. The van der Waals surface area contributed by atoms with Crippen LogP contribution in [0.1, 0.15) is 55.5 Å². The quantitative estimate of drug-likeness (QED) is 0.202. The lowest BCUT2D eigenvalue weighted by Gasteiger charge is -2.28. The smallest absolute Gasteiger partial charge is 0.327 e. The van der Waals surface area contributed by atoms with Gasteiger partial charge in [0.15, 0.2) is 5.75 Å². The van der Waals surface area contributed by atoms with Gasteiger partial charge in [0, 0.05) is 18.7 Å². The second-order valence-electron chi connectivity index (χ2n) is 8.24. The van der Waals surface area contributed by atoms with E-state index in [1.54, 1.807) is 6.92 Å². The number of benzene rings is 2. The number of nitrogens with zero attached hydrogens (tertiary/aromatic N) is 3. The second kappa shape index (κ2) is 13.8. The maximum absolute atomic E-state index is 13.6. The zero-order chi connectivity index (χ0) is 27.5. The van der Waals surface area contributed by atoms with E-state index in [4.69, 9.17) is 9.47 Å². The first-order valence-electron chi connectivity index (χ1n) is 11.9. The number of carbonyl (C=O) groups excluding carboxylic acids is 1. The first-order valence-corrected chi connectivity index (χ1v) is 11.9. The molecule has 0 bridgehead atoms. The predicted octanol–water partition coefficient (Wildman–Crippen LogP) is 4.63. The largest absolute Gasteiger partial charge is 0.493 e. The van der Waals surface area contributed by atoms with Crippen LogP contribution in [0, 0.1) is 20.2 Å². The molecule has 0 aliphatic rings. The highest BCUT2D eigenvalue weighted by Gasteiger charge is 2.35. The van der Waals surface area contributed by atoms with Crippen LogP contribution in [0.15, 0.2) is 36.4 Å². The Morgan fingerprint density at radius 3 is 2.22 bits per heavy atom. The van der Waals surface area contributed by atoms with Crippen LogP contribution in [0.2, 0.25) is 0 Å². The number of nitro groups is 2. The van der Waals surface area contributed by atoms with Gasteiger partial charge in [0.1, 0.15) is 11.6 Å². The third kappa shape index (κ3) is 7.38. The van der Waals surface area contributed by atoms with E-state index >= 15 is 0 Å². The summed E-state index contributed by atoms with van der Waals surface area (Å²) < 4.78 is 10.9. The number of methoxy groups -OCH3 is 1. The fraction of sp³-hybridized carbons (Fsp3) is 0.440. The lowest BCUT2D eigenvalue weighted by atomic mass is 10.1. The van der Waals surface area contributed by atoms with E-state index in [9.17, 15) is 34.9 Å². The van der Waals surface area contributed by atoms with Gasteiger partial charge < -0.3 is 19.5 Å². The van der Waals surface area contributed by atoms with Crippen molar-refractivity contribution in [3.63, 3.8) is 0 Å². The molecule has 1 N–H and O–H groups in total. The lowest BCUT2D eigenvalue weighted by Crippen LogP contribution is -2.46. The summed E-state index contributed by atoms with van der Waals surface area (Å²) in [4.78, 5) is 48.4. The average Bonchev–Trinajstić information content (AvgIpc) is 2.87. The van der Waals surface area contributed by atoms with Gasteiger partial charge in [-0.15, -0.1) is 0 Å². The molecule has 2 aromatic rings. The Morgan fingerprint density at radius 2 is 1.70 bits per heavy atom. The SMILES string of the molecule is CCCCCOc1c(OC)ccc(C(=O)N(CCc2ccc([N+](=O)[O-])cc2)C(CC)C(=O)O)c1[N+](=O)[O-]. The topological polar surface area (TPSA) is 162 Å². The molecule has 0 fully saturated rings. The molecule has 0 saturated heterocycles. The van der Waals surface area contributed by atoms with Crippen molar-refractivity contribution in [2.45, 2.75) is 52.0 Å². The van der Waals surface area contributed by atoms with E-state index in [0.29, 0.717) is 12.0 Å². The first-order chi connectivity index (χ1) is 17.7. The van der Waals surface area contributed by atoms with Crippen LogP contribution >= 0.6 is 0 Å². The molecule has 1 unspecified atom stereocenters. The number of nitro benzene ring substituents is 2. The highest BCUT2D eigenvalue weighted by atomic mass is 16.6. The summed E-state index contributed by atoms with van der Waals surface area (Å²) in [7, 11) is 1.33. The van der Waals surface area contributed by atoms with Gasteiger partial charge in [-0.05, 0) is 37.0 Å². The summed E-state index contributed by atoms with van der Waals surface area (Å²) in [6.45, 7) is 3.69. The predicted molar refractivity (Wildman–Crippen MR) is 134 cm³/mol. The number of amides is 1. The number of carboxylic acids is 1. The minimum absolute atomic E-state index is 0.0612. The zero-order valence-corrected chi connectivity index (χ0v) is 21.0. The molecule has 0 aromatic heterocycles. The number of unbranched alkanes of at least 4 members (excludes halogenated alkanes) is 2. The van der Waals surface area contributed by atoms with Crippen LogP contribution in [0.5, 0.6) is 11.5 Å². The average molecular weight is 518 g/mol. The highest BCUT2D eigenvalue weighted by molar-refractivity contribution is 6.01. The Labute approximate surface area is 214 Å².